The standard InChI is InChI=1S/C10H11SSi/c1-12(2)10-7-11-9-6-4-3-5-8(9)10/h3-7H,1-2H3. The minimum absolute atomic E-state index is 0.284. The molecule has 0 saturated heterocycles. The number of hydrogen-bond acceptors (Lipinski definition) is 1. The fourth-order valence-corrected chi connectivity index (χ4v) is 4.17. The second kappa shape index (κ2) is 3.03. The molecule has 0 aliphatic carbocycles. The van der Waals surface area contributed by atoms with Gasteiger partial charge in [-0.05, 0) is 22.0 Å². The first-order valence-corrected chi connectivity index (χ1v) is 7.44. The highest BCUT2D eigenvalue weighted by atomic mass is 32.1. The Bertz CT molecular complexity index is 389. The fourth-order valence-electron chi connectivity index (χ4n) is 1.37. The Labute approximate surface area is 78.5 Å². The van der Waals surface area contributed by atoms with Gasteiger partial charge in [0.2, 0.25) is 0 Å². The monoisotopic (exact) mass is 191 g/mol. The van der Waals surface area contributed by atoms with Crippen molar-refractivity contribution in [3.05, 3.63) is 29.6 Å². The van der Waals surface area contributed by atoms with E-state index in [4.69, 9.17) is 0 Å². The van der Waals surface area contributed by atoms with Gasteiger partial charge in [-0.15, -0.1) is 11.3 Å². The largest absolute Gasteiger partial charge is 0.144 e. The molecular formula is C10H11SSi. The second-order valence-electron chi connectivity index (χ2n) is 3.15. The van der Waals surface area contributed by atoms with E-state index in [-0.39, 0.29) is 8.80 Å². The normalized spacial score (nSPS) is 11.2. The SMILES string of the molecule is C[Si](C)c1csc2ccccc12. The summed E-state index contributed by atoms with van der Waals surface area (Å²) in [5.41, 5.74) is 0. The molecule has 0 atom stereocenters. The van der Waals surface area contributed by atoms with Gasteiger partial charge in [0, 0.05) is 4.70 Å². The van der Waals surface area contributed by atoms with Gasteiger partial charge in [-0.3, -0.25) is 0 Å². The summed E-state index contributed by atoms with van der Waals surface area (Å²) in [6, 6.07) is 8.68. The number of thiophene rings is 1. The summed E-state index contributed by atoms with van der Waals surface area (Å²) in [6.07, 6.45) is 0. The van der Waals surface area contributed by atoms with E-state index in [9.17, 15) is 0 Å². The Balaban J connectivity index is 2.70. The van der Waals surface area contributed by atoms with E-state index in [0.717, 1.165) is 0 Å². The van der Waals surface area contributed by atoms with Crippen LogP contribution in [-0.4, -0.2) is 8.80 Å². The van der Waals surface area contributed by atoms with Crippen LogP contribution in [0.25, 0.3) is 10.1 Å². The van der Waals surface area contributed by atoms with Gasteiger partial charge < -0.3 is 0 Å². The average molecular weight is 191 g/mol. The van der Waals surface area contributed by atoms with Gasteiger partial charge in [0.25, 0.3) is 0 Å². The van der Waals surface area contributed by atoms with Gasteiger partial charge in [0.05, 0.1) is 8.80 Å². The van der Waals surface area contributed by atoms with Crippen molar-refractivity contribution < 1.29 is 0 Å². The average Bonchev–Trinajstić information content (AvgIpc) is 2.47. The van der Waals surface area contributed by atoms with E-state index in [1.165, 1.54) is 10.1 Å². The minimum atomic E-state index is -0.284. The van der Waals surface area contributed by atoms with Crippen molar-refractivity contribution >= 4 is 35.4 Å². The maximum Gasteiger partial charge on any atom is 0.0811 e. The van der Waals surface area contributed by atoms with Gasteiger partial charge in [0.1, 0.15) is 0 Å². The molecule has 2 aromatic rings. The van der Waals surface area contributed by atoms with Gasteiger partial charge in [0.15, 0.2) is 0 Å². The van der Waals surface area contributed by atoms with Crippen LogP contribution in [0.1, 0.15) is 0 Å². The Hall–Kier alpha value is -0.603. The highest BCUT2D eigenvalue weighted by molar-refractivity contribution is 7.18. The predicted octanol–water partition coefficient (Wildman–Crippen LogP) is 2.86. The summed E-state index contributed by atoms with van der Waals surface area (Å²) < 4.78 is 1.43. The number of rotatable bonds is 1. The predicted molar refractivity (Wildman–Crippen MR) is 58.9 cm³/mol. The number of benzene rings is 1. The molecule has 0 spiro atoms. The summed E-state index contributed by atoms with van der Waals surface area (Å²) in [4.78, 5) is 0. The molecule has 2 rings (SSSR count). The van der Waals surface area contributed by atoms with Crippen molar-refractivity contribution in [1.82, 2.24) is 0 Å². The smallest absolute Gasteiger partial charge is 0.0811 e. The topological polar surface area (TPSA) is 0 Å². The first-order chi connectivity index (χ1) is 5.79. The van der Waals surface area contributed by atoms with Crippen LogP contribution in [0.5, 0.6) is 0 Å². The highest BCUT2D eigenvalue weighted by Gasteiger charge is 2.06. The molecule has 2 heteroatoms. The molecule has 0 unspecified atom stereocenters. The minimum Gasteiger partial charge on any atom is -0.144 e. The summed E-state index contributed by atoms with van der Waals surface area (Å²) in [5, 5.41) is 5.38. The maximum atomic E-state index is 2.35. The van der Waals surface area contributed by atoms with Crippen molar-refractivity contribution in [2.45, 2.75) is 13.1 Å². The van der Waals surface area contributed by atoms with E-state index < -0.39 is 0 Å². The first-order valence-electron chi connectivity index (χ1n) is 4.06. The van der Waals surface area contributed by atoms with Crippen LogP contribution in [0.15, 0.2) is 29.6 Å². The van der Waals surface area contributed by atoms with E-state index in [2.05, 4.69) is 42.7 Å². The molecule has 0 fully saturated rings. The molecule has 0 saturated carbocycles. The lowest BCUT2D eigenvalue weighted by Gasteiger charge is -1.99. The molecule has 0 amide bonds. The zero-order chi connectivity index (χ0) is 8.55. The van der Waals surface area contributed by atoms with Gasteiger partial charge in [-0.1, -0.05) is 31.3 Å². The van der Waals surface area contributed by atoms with Crippen LogP contribution in [0.2, 0.25) is 13.1 Å². The van der Waals surface area contributed by atoms with E-state index in [0.29, 0.717) is 0 Å². The molecule has 0 aliphatic rings. The molecule has 1 heterocycles. The quantitative estimate of drug-likeness (QED) is 0.608. The van der Waals surface area contributed by atoms with Gasteiger partial charge in [-0.25, -0.2) is 0 Å². The third-order valence-corrected chi connectivity index (χ3v) is 4.68. The van der Waals surface area contributed by atoms with Crippen LogP contribution < -0.4 is 5.19 Å². The summed E-state index contributed by atoms with van der Waals surface area (Å²) in [6.45, 7) is 4.69. The molecular weight excluding hydrogens is 180 g/mol. The molecule has 12 heavy (non-hydrogen) atoms. The third-order valence-electron chi connectivity index (χ3n) is 2.02. The zero-order valence-corrected chi connectivity index (χ0v) is 9.11. The van der Waals surface area contributed by atoms with Crippen LogP contribution in [0.3, 0.4) is 0 Å². The molecule has 1 aromatic heterocycles. The molecule has 1 aromatic carbocycles. The van der Waals surface area contributed by atoms with Crippen molar-refractivity contribution in [3.63, 3.8) is 0 Å². The van der Waals surface area contributed by atoms with Gasteiger partial charge in [-0.2, -0.15) is 0 Å². The van der Waals surface area contributed by atoms with E-state index in [1.807, 2.05) is 11.3 Å². The van der Waals surface area contributed by atoms with Crippen molar-refractivity contribution in [2.24, 2.45) is 0 Å². The Morgan fingerprint density at radius 3 is 2.67 bits per heavy atom. The Kier molecular flexibility index (Phi) is 2.03. The van der Waals surface area contributed by atoms with Crippen LogP contribution >= 0.6 is 11.3 Å². The number of fused-ring (bicyclic) bond motifs is 1. The molecule has 61 valence electrons. The zero-order valence-electron chi connectivity index (χ0n) is 7.29. The molecule has 1 radical (unpaired) electrons. The number of hydrogen-bond donors (Lipinski definition) is 0. The maximum absolute atomic E-state index is 2.35. The Morgan fingerprint density at radius 1 is 1.17 bits per heavy atom. The van der Waals surface area contributed by atoms with Crippen molar-refractivity contribution in [3.8, 4) is 0 Å². The summed E-state index contributed by atoms with van der Waals surface area (Å²) >= 11 is 1.87. The fraction of sp³-hybridized carbons (Fsp3) is 0.200. The van der Waals surface area contributed by atoms with E-state index in [1.54, 1.807) is 5.19 Å². The molecule has 0 bridgehead atoms. The van der Waals surface area contributed by atoms with E-state index >= 15 is 0 Å². The lowest BCUT2D eigenvalue weighted by molar-refractivity contribution is 1.86. The third kappa shape index (κ3) is 1.21. The van der Waals surface area contributed by atoms with Crippen LogP contribution in [0, 0.1) is 0 Å². The Morgan fingerprint density at radius 2 is 1.92 bits per heavy atom. The van der Waals surface area contributed by atoms with Crippen molar-refractivity contribution in [1.29, 1.82) is 0 Å². The summed E-state index contributed by atoms with van der Waals surface area (Å²) in [7, 11) is -0.284. The summed E-state index contributed by atoms with van der Waals surface area (Å²) in [5.74, 6) is 0. The lowest BCUT2D eigenvalue weighted by Crippen LogP contribution is -2.20. The van der Waals surface area contributed by atoms with Gasteiger partial charge >= 0.3 is 0 Å². The first kappa shape index (κ1) is 8.02. The molecule has 0 nitrogen and oxygen atoms in total. The lowest BCUT2D eigenvalue weighted by atomic mass is 10.3. The van der Waals surface area contributed by atoms with Crippen LogP contribution in [0.4, 0.5) is 0 Å². The van der Waals surface area contributed by atoms with Crippen LogP contribution in [-0.2, 0) is 0 Å². The second-order valence-corrected chi connectivity index (χ2v) is 6.60. The molecule has 0 aliphatic heterocycles. The molecule has 0 N–H and O–H groups in total. The van der Waals surface area contributed by atoms with Crippen molar-refractivity contribution in [2.75, 3.05) is 0 Å². The highest BCUT2D eigenvalue weighted by Crippen LogP contribution is 2.18.